The summed E-state index contributed by atoms with van der Waals surface area (Å²) in [4.78, 5) is 35.5. The van der Waals surface area contributed by atoms with E-state index >= 15 is 0 Å². The number of nitrogens with one attached hydrogen (secondary N) is 2. The van der Waals surface area contributed by atoms with Crippen LogP contribution in [0.3, 0.4) is 0 Å². The number of rotatable bonds is 7. The number of fused-ring (bicyclic) bond motifs is 1. The van der Waals surface area contributed by atoms with Crippen LogP contribution >= 0.6 is 0 Å². The zero-order valence-electron chi connectivity index (χ0n) is 23.4. The van der Waals surface area contributed by atoms with Gasteiger partial charge in [0.1, 0.15) is 29.2 Å². The topological polar surface area (TPSA) is 152 Å². The van der Waals surface area contributed by atoms with E-state index in [2.05, 4.69) is 20.6 Å². The number of carbonyl (C=O) groups is 1. The van der Waals surface area contributed by atoms with Crippen LogP contribution in [0, 0.1) is 6.92 Å². The minimum Gasteiger partial charge on any atom is -0.508 e. The number of hydrogen-bond acceptors (Lipinski definition) is 8. The van der Waals surface area contributed by atoms with Crippen molar-refractivity contribution in [2.24, 2.45) is 0 Å². The molecule has 214 valence electrons. The molecule has 0 fully saturated rings. The Kier molecular flexibility index (Phi) is 7.04. The number of para-hydroxylation sites is 1. The first-order valence-corrected chi connectivity index (χ1v) is 13.5. The van der Waals surface area contributed by atoms with Gasteiger partial charge in [-0.3, -0.25) is 14.2 Å². The van der Waals surface area contributed by atoms with Crippen molar-refractivity contribution in [1.29, 1.82) is 0 Å². The van der Waals surface area contributed by atoms with Crippen LogP contribution < -0.4 is 21.9 Å². The molecular weight excluding hydrogens is 544 g/mol. The van der Waals surface area contributed by atoms with Crippen LogP contribution in [-0.4, -0.2) is 35.2 Å². The van der Waals surface area contributed by atoms with Gasteiger partial charge in [0.15, 0.2) is 5.82 Å². The zero-order valence-corrected chi connectivity index (χ0v) is 23.4. The third-order valence-corrected chi connectivity index (χ3v) is 7.06. The normalized spacial score (nSPS) is 11.8. The number of carbonyl (C=O) groups excluding carboxylic acids is 1. The maximum absolute atomic E-state index is 13.8. The Morgan fingerprint density at radius 1 is 0.977 bits per heavy atom. The van der Waals surface area contributed by atoms with E-state index in [-0.39, 0.29) is 23.0 Å². The summed E-state index contributed by atoms with van der Waals surface area (Å²) in [7, 11) is 0. The first-order chi connectivity index (χ1) is 20.8. The number of anilines is 3. The number of amides is 1. The average molecular weight is 573 g/mol. The summed E-state index contributed by atoms with van der Waals surface area (Å²) < 4.78 is 3.19. The van der Waals surface area contributed by atoms with Crippen LogP contribution in [0.2, 0.25) is 0 Å². The Morgan fingerprint density at radius 3 is 2.56 bits per heavy atom. The number of nitrogens with zero attached hydrogens (tertiary/aromatic N) is 5. The highest BCUT2D eigenvalue weighted by molar-refractivity contribution is 6.05. The van der Waals surface area contributed by atoms with Gasteiger partial charge in [-0.25, -0.2) is 14.5 Å². The highest BCUT2D eigenvalue weighted by atomic mass is 16.3. The summed E-state index contributed by atoms with van der Waals surface area (Å²) >= 11 is 0. The van der Waals surface area contributed by atoms with Crippen LogP contribution in [0.1, 0.15) is 34.7 Å². The van der Waals surface area contributed by atoms with Crippen LogP contribution in [0.4, 0.5) is 17.3 Å². The second-order valence-electron chi connectivity index (χ2n) is 10.1. The number of nitrogens with two attached hydrogens (primary N) is 1. The monoisotopic (exact) mass is 572 g/mol. The number of nitrogen functional groups attached to an aromatic ring is 1. The molecule has 0 aliphatic carbocycles. The maximum atomic E-state index is 13.8. The Balaban J connectivity index is 1.38. The lowest BCUT2D eigenvalue weighted by Crippen LogP contribution is -2.29. The van der Waals surface area contributed by atoms with Gasteiger partial charge in [0.2, 0.25) is 0 Å². The first-order valence-electron chi connectivity index (χ1n) is 13.5. The summed E-state index contributed by atoms with van der Waals surface area (Å²) in [5.74, 6) is 0.756. The Bertz CT molecular complexity index is 2030. The van der Waals surface area contributed by atoms with Gasteiger partial charge in [-0.05, 0) is 67.4 Å². The van der Waals surface area contributed by atoms with E-state index in [1.54, 1.807) is 45.6 Å². The summed E-state index contributed by atoms with van der Waals surface area (Å²) in [6, 6.07) is 23.9. The molecule has 11 heteroatoms. The highest BCUT2D eigenvalue weighted by Gasteiger charge is 2.22. The number of aromatic hydroxyl groups is 1. The molecule has 0 saturated heterocycles. The average Bonchev–Trinajstić information content (AvgIpc) is 3.38. The Hall–Kier alpha value is -5.97. The van der Waals surface area contributed by atoms with Crippen LogP contribution in [0.25, 0.3) is 22.3 Å². The molecule has 1 unspecified atom stereocenters. The molecule has 3 aromatic heterocycles. The number of hydrogen-bond donors (Lipinski definition) is 4. The van der Waals surface area contributed by atoms with Crippen molar-refractivity contribution >= 4 is 28.7 Å². The lowest BCUT2D eigenvalue weighted by Gasteiger charge is -2.21. The van der Waals surface area contributed by atoms with Gasteiger partial charge in [0.05, 0.1) is 17.3 Å². The minimum absolute atomic E-state index is 0.0452. The van der Waals surface area contributed by atoms with E-state index in [4.69, 9.17) is 10.8 Å². The van der Waals surface area contributed by atoms with Crippen molar-refractivity contribution in [2.75, 3.05) is 16.4 Å². The molecule has 1 amide bonds. The van der Waals surface area contributed by atoms with Crippen LogP contribution in [0.15, 0.2) is 102 Å². The molecule has 43 heavy (non-hydrogen) atoms. The van der Waals surface area contributed by atoms with Gasteiger partial charge in [-0.1, -0.05) is 36.4 Å². The maximum Gasteiger partial charge on any atom is 0.282 e. The molecule has 11 nitrogen and oxygen atoms in total. The summed E-state index contributed by atoms with van der Waals surface area (Å²) in [5.41, 5.74) is 10.1. The van der Waals surface area contributed by atoms with E-state index in [0.717, 1.165) is 5.56 Å². The van der Waals surface area contributed by atoms with Crippen molar-refractivity contribution in [2.45, 2.75) is 19.9 Å². The predicted molar refractivity (Wildman–Crippen MR) is 166 cm³/mol. The molecule has 6 rings (SSSR count). The summed E-state index contributed by atoms with van der Waals surface area (Å²) in [5, 5.41) is 20.7. The lowest BCUT2D eigenvalue weighted by atomic mass is 10.0. The third kappa shape index (κ3) is 5.26. The molecular formula is C32H28N8O3. The van der Waals surface area contributed by atoms with E-state index in [9.17, 15) is 14.7 Å². The van der Waals surface area contributed by atoms with Crippen LogP contribution in [0.5, 0.6) is 5.75 Å². The minimum atomic E-state index is -0.509. The van der Waals surface area contributed by atoms with Crippen molar-refractivity contribution in [3.05, 3.63) is 125 Å². The zero-order chi connectivity index (χ0) is 30.1. The van der Waals surface area contributed by atoms with Gasteiger partial charge in [-0.15, -0.1) is 0 Å². The highest BCUT2D eigenvalue weighted by Crippen LogP contribution is 2.33. The van der Waals surface area contributed by atoms with Crippen molar-refractivity contribution in [1.82, 2.24) is 24.1 Å². The van der Waals surface area contributed by atoms with E-state index < -0.39 is 6.04 Å². The first kappa shape index (κ1) is 27.2. The number of benzene rings is 3. The Morgan fingerprint density at radius 2 is 1.77 bits per heavy atom. The third-order valence-electron chi connectivity index (χ3n) is 7.06. The molecule has 1 atom stereocenters. The molecule has 3 aromatic carbocycles. The molecule has 3 heterocycles. The fraction of sp³-hybridized carbons (Fsp3) is 0.0938. The van der Waals surface area contributed by atoms with E-state index in [1.165, 1.54) is 18.5 Å². The second kappa shape index (κ2) is 11.1. The second-order valence-corrected chi connectivity index (χ2v) is 10.1. The largest absolute Gasteiger partial charge is 0.508 e. The fourth-order valence-corrected chi connectivity index (χ4v) is 5.00. The number of aromatic nitrogens is 5. The molecule has 0 bridgehead atoms. The molecule has 0 radical (unpaired) electrons. The molecule has 5 N–H and O–H groups in total. The molecule has 0 aliphatic rings. The summed E-state index contributed by atoms with van der Waals surface area (Å²) in [6.45, 7) is 3.76. The lowest BCUT2D eigenvalue weighted by molar-refractivity contribution is 0.102. The van der Waals surface area contributed by atoms with Crippen molar-refractivity contribution < 1.29 is 9.90 Å². The Labute approximate surface area is 246 Å². The molecule has 0 aliphatic heterocycles. The smallest absolute Gasteiger partial charge is 0.282 e. The van der Waals surface area contributed by atoms with Crippen molar-refractivity contribution in [3.63, 3.8) is 0 Å². The van der Waals surface area contributed by atoms with Crippen molar-refractivity contribution in [3.8, 4) is 22.6 Å². The number of aryl methyl sites for hydroxylation is 1. The van der Waals surface area contributed by atoms with Gasteiger partial charge in [-0.2, -0.15) is 5.10 Å². The van der Waals surface area contributed by atoms with Crippen LogP contribution in [-0.2, 0) is 0 Å². The number of phenols is 1. The predicted octanol–water partition coefficient (Wildman–Crippen LogP) is 4.96. The summed E-state index contributed by atoms with van der Waals surface area (Å²) in [6.07, 6.45) is 3.11. The SMILES string of the molecule is Cc1ccn2nc(C(C)Nc3ncnc(N)c3-c3cccc(C(=O)Nc4cccc(O)c4)c3)n(-c3ccccc3)c(=O)c12. The van der Waals surface area contributed by atoms with Gasteiger partial charge in [0.25, 0.3) is 11.5 Å². The molecule has 0 spiro atoms. The van der Waals surface area contributed by atoms with E-state index in [0.29, 0.717) is 45.2 Å². The fourth-order valence-electron chi connectivity index (χ4n) is 5.00. The molecule has 6 aromatic rings. The van der Waals surface area contributed by atoms with Gasteiger partial charge in [0, 0.05) is 23.5 Å². The standard InChI is InChI=1S/C32H28N8O3/c1-19-14-15-39-27(19)32(43)40(24-11-4-3-5-12-24)30(38-39)20(2)36-29-26(28(33)34-18-35-29)21-8-6-9-22(16-21)31(42)37-23-10-7-13-25(41)17-23/h3-18,20,41H,1-2H3,(H,37,42)(H3,33,34,35,36). The van der Waals surface area contributed by atoms with Gasteiger partial charge >= 0.3 is 0 Å². The quantitative estimate of drug-likeness (QED) is 0.209. The van der Waals surface area contributed by atoms with E-state index in [1.807, 2.05) is 56.3 Å². The van der Waals surface area contributed by atoms with Gasteiger partial charge < -0.3 is 21.5 Å². The number of phenolic OH excluding ortho intramolecular Hbond substituents is 1. The molecule has 0 saturated carbocycles.